The van der Waals surface area contributed by atoms with Gasteiger partial charge in [-0.3, -0.25) is 9.36 Å². The van der Waals surface area contributed by atoms with E-state index in [0.717, 1.165) is 17.4 Å². The predicted molar refractivity (Wildman–Crippen MR) is 142 cm³/mol. The van der Waals surface area contributed by atoms with E-state index in [1.807, 2.05) is 13.0 Å². The Hall–Kier alpha value is -3.14. The van der Waals surface area contributed by atoms with E-state index in [9.17, 15) is 26.4 Å². The predicted octanol–water partition coefficient (Wildman–Crippen LogP) is 7.75. The van der Waals surface area contributed by atoms with Crippen LogP contribution in [0.2, 0.25) is 10.0 Å². The van der Waals surface area contributed by atoms with Gasteiger partial charge in [0, 0.05) is 18.9 Å². The zero-order valence-corrected chi connectivity index (χ0v) is 22.5. The van der Waals surface area contributed by atoms with E-state index in [-0.39, 0.29) is 26.5 Å². The molecule has 0 unspecified atom stereocenters. The van der Waals surface area contributed by atoms with Crippen molar-refractivity contribution in [1.82, 2.24) is 9.55 Å². The SMILES string of the molecule is Cc1cc(-c2cccc(S(C)(=O)=O)c2)ccc1-n1cc(C(=O)CCC(F)(F)F)nc1-c1c(Cl)cccc1Cl. The zero-order valence-electron chi connectivity index (χ0n) is 20.2. The van der Waals surface area contributed by atoms with E-state index in [1.165, 1.54) is 12.3 Å². The molecule has 0 N–H and O–H groups in total. The van der Waals surface area contributed by atoms with Crippen LogP contribution < -0.4 is 0 Å². The molecule has 0 spiro atoms. The molecular formula is C27H21Cl2F3N2O3S. The van der Waals surface area contributed by atoms with Gasteiger partial charge in [0.2, 0.25) is 0 Å². The summed E-state index contributed by atoms with van der Waals surface area (Å²) in [4.78, 5) is 17.2. The van der Waals surface area contributed by atoms with Crippen LogP contribution in [-0.4, -0.2) is 36.2 Å². The van der Waals surface area contributed by atoms with Gasteiger partial charge >= 0.3 is 6.18 Å². The van der Waals surface area contributed by atoms with Crippen LogP contribution in [0.25, 0.3) is 28.2 Å². The maximum atomic E-state index is 12.7. The summed E-state index contributed by atoms with van der Waals surface area (Å²) in [5, 5.41) is 0.510. The van der Waals surface area contributed by atoms with Gasteiger partial charge in [0.25, 0.3) is 0 Å². The number of carbonyl (C=O) groups excluding carboxylic acids is 1. The summed E-state index contributed by atoms with van der Waals surface area (Å²) in [6, 6.07) is 16.7. The molecule has 3 aromatic carbocycles. The highest BCUT2D eigenvalue weighted by atomic mass is 35.5. The monoisotopic (exact) mass is 580 g/mol. The van der Waals surface area contributed by atoms with Crippen LogP contribution >= 0.6 is 23.2 Å². The summed E-state index contributed by atoms with van der Waals surface area (Å²) >= 11 is 12.8. The van der Waals surface area contributed by atoms with Crippen molar-refractivity contribution in [2.75, 3.05) is 6.26 Å². The molecule has 1 heterocycles. The number of aryl methyl sites for hydroxylation is 1. The molecule has 0 radical (unpaired) electrons. The first-order chi connectivity index (χ1) is 17.7. The van der Waals surface area contributed by atoms with E-state index in [2.05, 4.69) is 4.98 Å². The molecule has 0 atom stereocenters. The van der Waals surface area contributed by atoms with Crippen LogP contribution in [0.4, 0.5) is 13.2 Å². The van der Waals surface area contributed by atoms with Crippen molar-refractivity contribution in [3.8, 4) is 28.2 Å². The average Bonchev–Trinajstić information content (AvgIpc) is 3.26. The fourth-order valence-corrected chi connectivity index (χ4v) is 5.21. The number of alkyl halides is 3. The van der Waals surface area contributed by atoms with Crippen molar-refractivity contribution in [1.29, 1.82) is 0 Å². The van der Waals surface area contributed by atoms with Crippen LogP contribution in [0.1, 0.15) is 28.9 Å². The summed E-state index contributed by atoms with van der Waals surface area (Å²) in [7, 11) is -3.40. The molecule has 0 saturated carbocycles. The highest BCUT2D eigenvalue weighted by molar-refractivity contribution is 7.90. The van der Waals surface area contributed by atoms with Gasteiger partial charge in [-0.1, -0.05) is 47.5 Å². The number of hydrogen-bond acceptors (Lipinski definition) is 4. The number of halogens is 5. The molecule has 4 rings (SSSR count). The van der Waals surface area contributed by atoms with Crippen molar-refractivity contribution in [2.24, 2.45) is 0 Å². The Morgan fingerprint density at radius 3 is 2.21 bits per heavy atom. The Kier molecular flexibility index (Phi) is 7.74. The number of sulfone groups is 1. The number of hydrogen-bond donors (Lipinski definition) is 0. The van der Waals surface area contributed by atoms with Crippen LogP contribution in [-0.2, 0) is 9.84 Å². The minimum atomic E-state index is -4.48. The maximum Gasteiger partial charge on any atom is 0.389 e. The Bertz CT molecular complexity index is 1630. The number of ketones is 1. The number of nitrogens with zero attached hydrogens (tertiary/aromatic N) is 2. The van der Waals surface area contributed by atoms with Crippen molar-refractivity contribution in [3.05, 3.63) is 88.2 Å². The Labute approximate surface area is 227 Å². The second-order valence-corrected chi connectivity index (χ2v) is 11.6. The lowest BCUT2D eigenvalue weighted by molar-refractivity contribution is -0.133. The lowest BCUT2D eigenvalue weighted by atomic mass is 10.0. The Balaban J connectivity index is 1.83. The lowest BCUT2D eigenvalue weighted by Crippen LogP contribution is -2.11. The van der Waals surface area contributed by atoms with Gasteiger partial charge in [-0.25, -0.2) is 13.4 Å². The van der Waals surface area contributed by atoms with Crippen molar-refractivity contribution in [2.45, 2.75) is 30.8 Å². The molecule has 4 aromatic rings. The van der Waals surface area contributed by atoms with E-state index < -0.39 is 34.6 Å². The molecule has 11 heteroatoms. The fraction of sp³-hybridized carbons (Fsp3) is 0.185. The highest BCUT2D eigenvalue weighted by Crippen LogP contribution is 2.37. The van der Waals surface area contributed by atoms with Gasteiger partial charge in [0.05, 0.1) is 32.6 Å². The lowest BCUT2D eigenvalue weighted by Gasteiger charge is -2.14. The first-order valence-corrected chi connectivity index (χ1v) is 13.9. The van der Waals surface area contributed by atoms with Crippen molar-refractivity contribution in [3.63, 3.8) is 0 Å². The number of imidazole rings is 1. The molecule has 0 aliphatic rings. The minimum absolute atomic E-state index is 0.149. The third-order valence-electron chi connectivity index (χ3n) is 5.87. The van der Waals surface area contributed by atoms with E-state index in [0.29, 0.717) is 16.8 Å². The van der Waals surface area contributed by atoms with Gasteiger partial charge < -0.3 is 0 Å². The van der Waals surface area contributed by atoms with Gasteiger partial charge in [0.1, 0.15) is 11.5 Å². The third-order valence-corrected chi connectivity index (χ3v) is 7.61. The van der Waals surface area contributed by atoms with Crippen LogP contribution in [0.5, 0.6) is 0 Å². The Morgan fingerprint density at radius 1 is 0.974 bits per heavy atom. The highest BCUT2D eigenvalue weighted by Gasteiger charge is 2.29. The topological polar surface area (TPSA) is 69.0 Å². The molecule has 1 aromatic heterocycles. The second kappa shape index (κ2) is 10.6. The molecule has 0 aliphatic carbocycles. The van der Waals surface area contributed by atoms with E-state index in [1.54, 1.807) is 53.1 Å². The van der Waals surface area contributed by atoms with Gasteiger partial charge in [0.15, 0.2) is 15.6 Å². The Morgan fingerprint density at radius 2 is 1.61 bits per heavy atom. The first kappa shape index (κ1) is 27.9. The molecular weight excluding hydrogens is 560 g/mol. The molecule has 5 nitrogen and oxygen atoms in total. The average molecular weight is 581 g/mol. The smallest absolute Gasteiger partial charge is 0.299 e. The molecule has 0 aliphatic heterocycles. The fourth-order valence-electron chi connectivity index (χ4n) is 3.98. The maximum absolute atomic E-state index is 12.7. The van der Waals surface area contributed by atoms with E-state index >= 15 is 0 Å². The normalized spacial score (nSPS) is 12.1. The molecule has 0 fully saturated rings. The van der Waals surface area contributed by atoms with Crippen molar-refractivity contribution >= 4 is 38.8 Å². The van der Waals surface area contributed by atoms with Crippen LogP contribution in [0, 0.1) is 6.92 Å². The molecule has 38 heavy (non-hydrogen) atoms. The second-order valence-electron chi connectivity index (χ2n) is 8.76. The summed E-state index contributed by atoms with van der Waals surface area (Å²) in [5.41, 5.74) is 2.92. The number of Topliss-reactive ketones (excluding diaryl/α,β-unsaturated/α-hetero) is 1. The van der Waals surface area contributed by atoms with Gasteiger partial charge in [-0.2, -0.15) is 13.2 Å². The van der Waals surface area contributed by atoms with Crippen molar-refractivity contribution < 1.29 is 26.4 Å². The number of aromatic nitrogens is 2. The quantitative estimate of drug-likeness (QED) is 0.209. The summed E-state index contributed by atoms with van der Waals surface area (Å²) < 4.78 is 63.7. The number of carbonyl (C=O) groups is 1. The zero-order chi connectivity index (χ0) is 27.8. The van der Waals surface area contributed by atoms with Crippen LogP contribution in [0.3, 0.4) is 0 Å². The largest absolute Gasteiger partial charge is 0.389 e. The standard InChI is InChI=1S/C27H21Cl2F3N2O3S/c1-16-13-18(17-5-3-6-19(14-17)38(2,36)37)9-10-23(16)34-15-22(24(35)11-12-27(30,31)32)33-26(34)25-20(28)7-4-8-21(25)29/h3-10,13-15H,11-12H2,1-2H3. The van der Waals surface area contributed by atoms with Crippen LogP contribution in [0.15, 0.2) is 71.8 Å². The number of benzene rings is 3. The molecule has 198 valence electrons. The van der Waals surface area contributed by atoms with Gasteiger partial charge in [-0.05, 0) is 60.0 Å². The summed E-state index contributed by atoms with van der Waals surface area (Å²) in [6.07, 6.45) is -3.98. The van der Waals surface area contributed by atoms with E-state index in [4.69, 9.17) is 23.2 Å². The third kappa shape index (κ3) is 6.11. The molecule has 0 bridgehead atoms. The van der Waals surface area contributed by atoms with Gasteiger partial charge in [-0.15, -0.1) is 0 Å². The molecule has 0 amide bonds. The minimum Gasteiger partial charge on any atom is -0.299 e. The summed E-state index contributed by atoms with van der Waals surface area (Å²) in [5.74, 6) is -0.566. The number of rotatable bonds is 7. The first-order valence-electron chi connectivity index (χ1n) is 11.3. The summed E-state index contributed by atoms with van der Waals surface area (Å²) in [6.45, 7) is 1.81. The molecule has 0 saturated heterocycles.